The molecule has 2 saturated heterocycles. The number of amides is 1. The van der Waals surface area contributed by atoms with Gasteiger partial charge < -0.3 is 44.7 Å². The Kier molecular flexibility index (Phi) is 18.5. The van der Waals surface area contributed by atoms with Gasteiger partial charge in [0, 0.05) is 56.1 Å². The fourth-order valence-corrected chi connectivity index (χ4v) is 9.61. The Labute approximate surface area is 369 Å². The Hall–Kier alpha value is -3.93. The molecular formula is C46H75N7O9. The number of esters is 1. The summed E-state index contributed by atoms with van der Waals surface area (Å²) in [6, 6.07) is 6.32. The van der Waals surface area contributed by atoms with Crippen molar-refractivity contribution in [2.45, 2.75) is 154 Å². The number of anilines is 1. The number of nitrogens with two attached hydrogens (primary N) is 1. The zero-order valence-corrected chi connectivity index (χ0v) is 39.0. The van der Waals surface area contributed by atoms with Crippen molar-refractivity contribution < 1.29 is 43.2 Å². The second-order valence-electron chi connectivity index (χ2n) is 17.7. The Balaban J connectivity index is 1.66. The van der Waals surface area contributed by atoms with Crippen molar-refractivity contribution in [2.75, 3.05) is 46.6 Å². The quantitative estimate of drug-likeness (QED) is 0.0426. The lowest BCUT2D eigenvalue weighted by Crippen LogP contribution is -2.61. The third-order valence-corrected chi connectivity index (χ3v) is 12.9. The number of aryl methyl sites for hydroxylation is 1. The van der Waals surface area contributed by atoms with Gasteiger partial charge in [0.2, 0.25) is 0 Å². The number of carbonyl (C=O) groups is 3. The number of unbranched alkanes of at least 4 members (excludes halogenated alkanes) is 1. The van der Waals surface area contributed by atoms with E-state index in [1.807, 2.05) is 84.1 Å². The molecule has 1 aromatic carbocycles. The van der Waals surface area contributed by atoms with E-state index in [-0.39, 0.29) is 24.6 Å². The van der Waals surface area contributed by atoms with Crippen molar-refractivity contribution in [3.8, 4) is 11.3 Å². The number of nitrogens with one attached hydrogen (secondary N) is 1. The number of rotatable bonds is 18. The predicted octanol–water partition coefficient (Wildman–Crippen LogP) is 5.48. The molecule has 0 saturated carbocycles. The summed E-state index contributed by atoms with van der Waals surface area (Å²) < 4.78 is 33.6. The van der Waals surface area contributed by atoms with Crippen molar-refractivity contribution in [3.05, 3.63) is 43.1 Å². The maximum absolute atomic E-state index is 14.6. The molecule has 4 N–H and O–H groups in total. The van der Waals surface area contributed by atoms with Crippen LogP contribution in [0.3, 0.4) is 0 Å². The largest absolute Gasteiger partial charge is 0.458 e. The smallest absolute Gasteiger partial charge is 0.410 e. The van der Waals surface area contributed by atoms with Crippen LogP contribution in [0.4, 0.5) is 10.5 Å². The normalized spacial score (nSPS) is 30.5. The fraction of sp³-hybridized carbons (Fsp3) is 0.717. The number of hydrogen-bond acceptors (Lipinski definition) is 14. The number of nitrogen functional groups attached to an aromatic ring is 1. The Morgan fingerprint density at radius 1 is 1.13 bits per heavy atom. The first-order chi connectivity index (χ1) is 29.4. The average molecular weight is 870 g/mol. The number of Topliss-reactive ketones (excluding diaryl/α,β-unsaturated/α-hetero) is 1. The number of hydrogen-bond donors (Lipinski definition) is 3. The van der Waals surface area contributed by atoms with Crippen LogP contribution in [0.5, 0.6) is 0 Å². The van der Waals surface area contributed by atoms with Gasteiger partial charge in [0.05, 0.1) is 23.9 Å². The van der Waals surface area contributed by atoms with Crippen LogP contribution in [-0.2, 0) is 39.8 Å². The SMILES string of the molecule is C=CC[C@@]1(OC)C[C@@H](C)CN[C@H](C)[C@H]2N(CCCCn3cc(-c4cccc(N)c4)nn3)C(=O)O[C@]2(C)[C@@H](CC)OC(=O)[C@H](C)C(=O)[C@H](C)[C@H]1O[C@H](OCC)C(O)C(CC)N(C)C. The minimum absolute atomic E-state index is 0.0635. The molecule has 0 spiro atoms. The first-order valence-electron chi connectivity index (χ1n) is 22.4. The highest BCUT2D eigenvalue weighted by molar-refractivity contribution is 6.00. The second kappa shape index (κ2) is 22.6. The minimum atomic E-state index is -1.25. The van der Waals surface area contributed by atoms with Crippen molar-refractivity contribution >= 4 is 23.5 Å². The van der Waals surface area contributed by atoms with Crippen LogP contribution in [0, 0.1) is 17.8 Å². The van der Waals surface area contributed by atoms with Crippen LogP contribution in [0.1, 0.15) is 93.9 Å². The van der Waals surface area contributed by atoms with Gasteiger partial charge in [-0.3, -0.25) is 19.2 Å². The summed E-state index contributed by atoms with van der Waals surface area (Å²) in [6.45, 7) is 20.6. The second-order valence-corrected chi connectivity index (χ2v) is 17.7. The van der Waals surface area contributed by atoms with Crippen molar-refractivity contribution in [3.63, 3.8) is 0 Å². The van der Waals surface area contributed by atoms with E-state index in [4.69, 9.17) is 29.4 Å². The van der Waals surface area contributed by atoms with E-state index in [0.717, 1.165) is 11.3 Å². The van der Waals surface area contributed by atoms with Crippen LogP contribution >= 0.6 is 0 Å². The number of likely N-dealkylation sites (N-methyl/N-ethyl adjacent to an activating group) is 1. The van der Waals surface area contributed by atoms with Crippen LogP contribution in [0.2, 0.25) is 0 Å². The summed E-state index contributed by atoms with van der Waals surface area (Å²) in [5.74, 6) is -3.35. The van der Waals surface area contributed by atoms with E-state index in [0.29, 0.717) is 63.8 Å². The van der Waals surface area contributed by atoms with Gasteiger partial charge in [0.25, 0.3) is 0 Å². The first-order valence-corrected chi connectivity index (χ1v) is 22.4. The molecule has 2 aliphatic rings. The molecule has 12 atom stereocenters. The number of methoxy groups -OCH3 is 1. The topological polar surface area (TPSA) is 193 Å². The lowest BCUT2D eigenvalue weighted by Gasteiger charge is -2.45. The van der Waals surface area contributed by atoms with Gasteiger partial charge in [-0.05, 0) is 105 Å². The van der Waals surface area contributed by atoms with E-state index in [2.05, 4.69) is 29.1 Å². The first kappa shape index (κ1) is 50.7. The minimum Gasteiger partial charge on any atom is -0.458 e. The van der Waals surface area contributed by atoms with Gasteiger partial charge in [-0.1, -0.05) is 51.1 Å². The van der Waals surface area contributed by atoms with Gasteiger partial charge >= 0.3 is 12.1 Å². The zero-order valence-electron chi connectivity index (χ0n) is 39.0. The number of aromatic nitrogens is 3. The molecule has 2 unspecified atom stereocenters. The van der Waals surface area contributed by atoms with Crippen LogP contribution in [0.15, 0.2) is 43.1 Å². The Morgan fingerprint density at radius 3 is 2.45 bits per heavy atom. The number of aliphatic hydroxyl groups excluding tert-OH is 1. The number of cyclic esters (lactones) is 1. The van der Waals surface area contributed by atoms with E-state index < -0.39 is 71.5 Å². The molecule has 2 fully saturated rings. The van der Waals surface area contributed by atoms with Gasteiger partial charge in [-0.2, -0.15) is 0 Å². The molecule has 348 valence electrons. The highest BCUT2D eigenvalue weighted by Crippen LogP contribution is 2.41. The average Bonchev–Trinajstić information content (AvgIpc) is 3.82. The van der Waals surface area contributed by atoms with Crippen LogP contribution in [0.25, 0.3) is 11.3 Å². The number of ketones is 1. The van der Waals surface area contributed by atoms with E-state index >= 15 is 0 Å². The Bertz CT molecular complexity index is 1780. The summed E-state index contributed by atoms with van der Waals surface area (Å²) in [6.07, 6.45) is 2.11. The molecule has 0 radical (unpaired) electrons. The summed E-state index contributed by atoms with van der Waals surface area (Å²) in [5.41, 5.74) is 5.84. The summed E-state index contributed by atoms with van der Waals surface area (Å²) in [7, 11) is 5.36. The number of aliphatic hydroxyl groups is 1. The molecular weight excluding hydrogens is 795 g/mol. The maximum atomic E-state index is 14.6. The van der Waals surface area contributed by atoms with Crippen molar-refractivity contribution in [1.82, 2.24) is 30.1 Å². The highest BCUT2D eigenvalue weighted by Gasteiger charge is 2.58. The summed E-state index contributed by atoms with van der Waals surface area (Å²) >= 11 is 0. The lowest BCUT2D eigenvalue weighted by molar-refractivity contribution is -0.268. The van der Waals surface area contributed by atoms with Gasteiger partial charge in [0.15, 0.2) is 17.7 Å². The summed E-state index contributed by atoms with van der Waals surface area (Å²) in [4.78, 5) is 46.3. The van der Waals surface area contributed by atoms with Crippen LogP contribution in [-0.4, -0.2) is 143 Å². The van der Waals surface area contributed by atoms with Gasteiger partial charge in [0.1, 0.15) is 23.8 Å². The van der Waals surface area contributed by atoms with E-state index in [1.54, 1.807) is 29.7 Å². The van der Waals surface area contributed by atoms with E-state index in [1.165, 1.54) is 6.92 Å². The van der Waals surface area contributed by atoms with E-state index in [9.17, 15) is 19.5 Å². The molecule has 1 amide bonds. The van der Waals surface area contributed by atoms with Gasteiger partial charge in [-0.15, -0.1) is 11.7 Å². The molecule has 62 heavy (non-hydrogen) atoms. The van der Waals surface area contributed by atoms with Crippen molar-refractivity contribution in [1.29, 1.82) is 0 Å². The lowest BCUT2D eigenvalue weighted by atomic mass is 9.75. The molecule has 4 rings (SSSR count). The van der Waals surface area contributed by atoms with Crippen LogP contribution < -0.4 is 11.1 Å². The zero-order chi connectivity index (χ0) is 45.9. The molecule has 16 heteroatoms. The molecule has 16 nitrogen and oxygen atoms in total. The molecule has 2 aromatic rings. The fourth-order valence-electron chi connectivity index (χ4n) is 9.61. The molecule has 3 heterocycles. The number of ether oxygens (including phenoxy) is 5. The third kappa shape index (κ3) is 11.6. The Morgan fingerprint density at radius 2 is 1.84 bits per heavy atom. The monoisotopic (exact) mass is 870 g/mol. The molecule has 0 bridgehead atoms. The van der Waals surface area contributed by atoms with Crippen molar-refractivity contribution in [2.24, 2.45) is 17.8 Å². The molecule has 1 aromatic heterocycles. The molecule has 2 aliphatic heterocycles. The number of carbonyl (C=O) groups excluding carboxylic acids is 3. The number of nitrogens with zero attached hydrogens (tertiary/aromatic N) is 5. The number of benzene rings is 1. The van der Waals surface area contributed by atoms with Gasteiger partial charge in [-0.25, -0.2) is 4.79 Å². The maximum Gasteiger partial charge on any atom is 0.410 e. The number of fused-ring (bicyclic) bond motifs is 1. The highest BCUT2D eigenvalue weighted by atomic mass is 16.7. The standard InChI is InChI=1S/C46H75N7O9/c1-13-22-46(58-12)26-29(5)27-48-32(8)40-45(9,62-44(57)53(40)24-18-17-23-52-28-35(49-50-52)33-20-19-21-34(47)25-33)37(15-3)60-42(56)31(7)38(54)30(6)41(46)61-43(59-16-4)39(55)36(14-2)51(10)11/h13,19-21,25,28-32,36-37,39-41,43,48,55H,1,14-18,22-24,26-27,47H2,2-12H3/t29-,30+,31-,32-,36?,37-,39?,40-,41-,43+,45-,46-/m1/s1. The predicted molar refractivity (Wildman–Crippen MR) is 238 cm³/mol. The third-order valence-electron chi connectivity index (χ3n) is 12.9. The molecule has 0 aliphatic carbocycles. The summed E-state index contributed by atoms with van der Waals surface area (Å²) in [5, 5.41) is 24.0.